The number of Topliss-reactive ketones (excluding diaryl/α,β-unsaturated/α-hetero) is 1. The number of ketones is 1. The summed E-state index contributed by atoms with van der Waals surface area (Å²) in [5.41, 5.74) is 0.600. The normalized spacial score (nSPS) is 12.5. The number of carbonyl (C=O) groups is 1. The van der Waals surface area contributed by atoms with E-state index in [0.717, 1.165) is 6.42 Å². The van der Waals surface area contributed by atoms with Crippen LogP contribution in [-0.4, -0.2) is 19.0 Å². The summed E-state index contributed by atoms with van der Waals surface area (Å²) in [5.74, 6) is 0.0736. The van der Waals surface area contributed by atoms with Crippen molar-refractivity contribution in [3.8, 4) is 0 Å². The van der Waals surface area contributed by atoms with Crippen molar-refractivity contribution in [2.24, 2.45) is 0 Å². The molecule has 0 bridgehead atoms. The van der Waals surface area contributed by atoms with Crippen LogP contribution in [0.2, 0.25) is 5.02 Å². The molecule has 1 aromatic rings. The first-order valence-electron chi connectivity index (χ1n) is 4.95. The van der Waals surface area contributed by atoms with Crippen LogP contribution >= 0.6 is 11.6 Å². The Morgan fingerprint density at radius 2 is 2.13 bits per heavy atom. The third-order valence-electron chi connectivity index (χ3n) is 2.35. The van der Waals surface area contributed by atoms with E-state index in [1.807, 2.05) is 19.1 Å². The number of rotatable bonds is 5. The van der Waals surface area contributed by atoms with Crippen molar-refractivity contribution in [3.05, 3.63) is 34.9 Å². The molecule has 82 valence electrons. The highest BCUT2D eigenvalue weighted by atomic mass is 35.5. The van der Waals surface area contributed by atoms with Gasteiger partial charge >= 0.3 is 0 Å². The fourth-order valence-corrected chi connectivity index (χ4v) is 1.52. The minimum atomic E-state index is 0.0736. The van der Waals surface area contributed by atoms with Gasteiger partial charge in [-0.3, -0.25) is 4.79 Å². The van der Waals surface area contributed by atoms with Gasteiger partial charge in [0.2, 0.25) is 0 Å². The van der Waals surface area contributed by atoms with Crippen LogP contribution in [0.4, 0.5) is 0 Å². The Hall–Kier alpha value is -0.860. The third kappa shape index (κ3) is 3.65. The second kappa shape index (κ2) is 5.89. The van der Waals surface area contributed by atoms with E-state index in [2.05, 4.69) is 0 Å². The van der Waals surface area contributed by atoms with Gasteiger partial charge in [-0.1, -0.05) is 23.7 Å². The highest BCUT2D eigenvalue weighted by molar-refractivity contribution is 6.33. The van der Waals surface area contributed by atoms with Gasteiger partial charge in [-0.25, -0.2) is 0 Å². The summed E-state index contributed by atoms with van der Waals surface area (Å²) in [4.78, 5) is 11.7. The van der Waals surface area contributed by atoms with Gasteiger partial charge in [-0.2, -0.15) is 0 Å². The molecule has 0 saturated carbocycles. The Morgan fingerprint density at radius 1 is 1.47 bits per heavy atom. The topological polar surface area (TPSA) is 26.3 Å². The smallest absolute Gasteiger partial charge is 0.164 e. The van der Waals surface area contributed by atoms with Gasteiger partial charge in [0.05, 0.1) is 11.1 Å². The molecule has 2 nitrogen and oxygen atoms in total. The number of benzene rings is 1. The molecule has 0 fully saturated rings. The first-order valence-corrected chi connectivity index (χ1v) is 5.33. The summed E-state index contributed by atoms with van der Waals surface area (Å²) in [6.45, 7) is 1.94. The molecule has 0 heterocycles. The number of ether oxygens (including phenoxy) is 1. The van der Waals surface area contributed by atoms with Crippen LogP contribution in [0, 0.1) is 0 Å². The molecule has 0 amide bonds. The predicted molar refractivity (Wildman–Crippen MR) is 61.5 cm³/mol. The minimum absolute atomic E-state index is 0.0736. The minimum Gasteiger partial charge on any atom is -0.382 e. The maximum atomic E-state index is 11.7. The van der Waals surface area contributed by atoms with Gasteiger partial charge in [0, 0.05) is 19.1 Å². The van der Waals surface area contributed by atoms with Crippen molar-refractivity contribution in [2.75, 3.05) is 7.11 Å². The maximum Gasteiger partial charge on any atom is 0.164 e. The van der Waals surface area contributed by atoms with E-state index in [1.54, 1.807) is 19.2 Å². The van der Waals surface area contributed by atoms with Gasteiger partial charge in [0.25, 0.3) is 0 Å². The third-order valence-corrected chi connectivity index (χ3v) is 2.68. The summed E-state index contributed by atoms with van der Waals surface area (Å²) in [7, 11) is 1.64. The number of carbonyl (C=O) groups excluding carboxylic acids is 1. The Labute approximate surface area is 95.2 Å². The molecular weight excluding hydrogens is 212 g/mol. The van der Waals surface area contributed by atoms with Gasteiger partial charge < -0.3 is 4.74 Å². The van der Waals surface area contributed by atoms with Gasteiger partial charge in [0.1, 0.15) is 0 Å². The zero-order valence-electron chi connectivity index (χ0n) is 9.00. The average molecular weight is 227 g/mol. The molecule has 1 unspecified atom stereocenters. The number of hydrogen-bond acceptors (Lipinski definition) is 2. The second-order valence-electron chi connectivity index (χ2n) is 3.49. The van der Waals surface area contributed by atoms with Crippen LogP contribution in [-0.2, 0) is 4.74 Å². The van der Waals surface area contributed by atoms with Gasteiger partial charge in [-0.05, 0) is 25.5 Å². The molecule has 3 heteroatoms. The van der Waals surface area contributed by atoms with Crippen molar-refractivity contribution in [3.63, 3.8) is 0 Å². The highest BCUT2D eigenvalue weighted by Gasteiger charge is 2.10. The summed E-state index contributed by atoms with van der Waals surface area (Å²) >= 11 is 5.92. The lowest BCUT2D eigenvalue weighted by atomic mass is 10.1. The van der Waals surface area contributed by atoms with E-state index in [9.17, 15) is 4.79 Å². The first kappa shape index (κ1) is 12.2. The molecule has 1 atom stereocenters. The van der Waals surface area contributed by atoms with Crippen LogP contribution in [0.5, 0.6) is 0 Å². The van der Waals surface area contributed by atoms with Crippen molar-refractivity contribution in [2.45, 2.75) is 25.9 Å². The standard InChI is InChI=1S/C12H15ClO2/c1-9(15-2)7-8-12(14)10-5-3-4-6-11(10)13/h3-6,9H,7-8H2,1-2H3. The summed E-state index contributed by atoms with van der Waals surface area (Å²) in [6, 6.07) is 7.12. The molecule has 0 aliphatic heterocycles. The van der Waals surface area contributed by atoms with E-state index in [4.69, 9.17) is 16.3 Å². The molecule has 0 N–H and O–H groups in total. The Bertz CT molecular complexity index is 336. The van der Waals surface area contributed by atoms with Crippen LogP contribution in [0.25, 0.3) is 0 Å². The summed E-state index contributed by atoms with van der Waals surface area (Å²) in [5, 5.41) is 0.521. The van der Waals surface area contributed by atoms with E-state index >= 15 is 0 Å². The van der Waals surface area contributed by atoms with Crippen LogP contribution in [0.3, 0.4) is 0 Å². The molecule has 0 spiro atoms. The molecule has 15 heavy (non-hydrogen) atoms. The fraction of sp³-hybridized carbons (Fsp3) is 0.417. The van der Waals surface area contributed by atoms with Crippen LogP contribution < -0.4 is 0 Å². The molecule has 0 aliphatic carbocycles. The Balaban J connectivity index is 2.58. The number of halogens is 1. The number of methoxy groups -OCH3 is 1. The molecule has 0 radical (unpaired) electrons. The molecule has 1 rings (SSSR count). The largest absolute Gasteiger partial charge is 0.382 e. The van der Waals surface area contributed by atoms with Crippen LogP contribution in [0.1, 0.15) is 30.1 Å². The molecule has 1 aromatic carbocycles. The van der Waals surface area contributed by atoms with Crippen molar-refractivity contribution in [1.29, 1.82) is 0 Å². The van der Waals surface area contributed by atoms with E-state index in [1.165, 1.54) is 0 Å². The SMILES string of the molecule is COC(C)CCC(=O)c1ccccc1Cl. The van der Waals surface area contributed by atoms with Crippen molar-refractivity contribution < 1.29 is 9.53 Å². The fourth-order valence-electron chi connectivity index (χ4n) is 1.27. The maximum absolute atomic E-state index is 11.7. The molecule has 0 aromatic heterocycles. The lowest BCUT2D eigenvalue weighted by molar-refractivity contribution is 0.0878. The quantitative estimate of drug-likeness (QED) is 0.720. The molecular formula is C12H15ClO2. The predicted octanol–water partition coefficient (Wildman–Crippen LogP) is 3.34. The lowest BCUT2D eigenvalue weighted by Gasteiger charge is -2.08. The van der Waals surface area contributed by atoms with Crippen molar-refractivity contribution >= 4 is 17.4 Å². The Morgan fingerprint density at radius 3 is 2.73 bits per heavy atom. The monoisotopic (exact) mass is 226 g/mol. The average Bonchev–Trinajstić information content (AvgIpc) is 2.26. The zero-order chi connectivity index (χ0) is 11.3. The zero-order valence-corrected chi connectivity index (χ0v) is 9.75. The lowest BCUT2D eigenvalue weighted by Crippen LogP contribution is -2.08. The van der Waals surface area contributed by atoms with Crippen LogP contribution in [0.15, 0.2) is 24.3 Å². The first-order chi connectivity index (χ1) is 7.15. The highest BCUT2D eigenvalue weighted by Crippen LogP contribution is 2.17. The van der Waals surface area contributed by atoms with E-state index < -0.39 is 0 Å². The van der Waals surface area contributed by atoms with E-state index in [-0.39, 0.29) is 11.9 Å². The summed E-state index contributed by atoms with van der Waals surface area (Å²) < 4.78 is 5.08. The molecule has 0 aliphatic rings. The number of hydrogen-bond donors (Lipinski definition) is 0. The van der Waals surface area contributed by atoms with Crippen molar-refractivity contribution in [1.82, 2.24) is 0 Å². The van der Waals surface area contributed by atoms with E-state index in [0.29, 0.717) is 17.0 Å². The van der Waals surface area contributed by atoms with Gasteiger partial charge in [0.15, 0.2) is 5.78 Å². The molecule has 0 saturated heterocycles. The second-order valence-corrected chi connectivity index (χ2v) is 3.90. The van der Waals surface area contributed by atoms with Gasteiger partial charge in [-0.15, -0.1) is 0 Å². The Kier molecular flexibility index (Phi) is 4.79. The summed E-state index contributed by atoms with van der Waals surface area (Å²) in [6.07, 6.45) is 1.30.